The number of benzene rings is 1. The fourth-order valence-electron chi connectivity index (χ4n) is 4.19. The molecule has 0 bridgehead atoms. The van der Waals surface area contributed by atoms with E-state index in [2.05, 4.69) is 63.6 Å². The van der Waals surface area contributed by atoms with Crippen molar-refractivity contribution in [1.82, 2.24) is 25.1 Å². The van der Waals surface area contributed by atoms with Crippen molar-refractivity contribution in [2.75, 3.05) is 49.2 Å². The highest BCUT2D eigenvalue weighted by atomic mass is 32.2. The first-order valence-electron chi connectivity index (χ1n) is 12.6. The van der Waals surface area contributed by atoms with Crippen LogP contribution in [-0.2, 0) is 11.2 Å². The van der Waals surface area contributed by atoms with E-state index in [1.807, 2.05) is 13.0 Å². The van der Waals surface area contributed by atoms with Crippen LogP contribution in [0.3, 0.4) is 0 Å². The molecule has 1 aliphatic carbocycles. The highest BCUT2D eigenvalue weighted by molar-refractivity contribution is 7.99. The summed E-state index contributed by atoms with van der Waals surface area (Å²) in [6, 6.07) is 10.2. The van der Waals surface area contributed by atoms with Crippen molar-refractivity contribution in [3.05, 3.63) is 41.6 Å². The number of piperazine rings is 1. The van der Waals surface area contributed by atoms with Crippen LogP contribution in [0.4, 0.5) is 17.5 Å². The number of aromatic amines is 1. The molecule has 1 saturated heterocycles. The van der Waals surface area contributed by atoms with Gasteiger partial charge in [-0.2, -0.15) is 5.10 Å². The number of aryl methyl sites for hydroxylation is 1. The van der Waals surface area contributed by atoms with Gasteiger partial charge >= 0.3 is 0 Å². The van der Waals surface area contributed by atoms with Gasteiger partial charge in [0.25, 0.3) is 0 Å². The molecule has 2 aliphatic rings. The molecule has 10 heteroatoms. The number of carbonyl (C=O) groups is 1. The molecule has 36 heavy (non-hydrogen) atoms. The summed E-state index contributed by atoms with van der Waals surface area (Å²) in [7, 11) is 2.16. The summed E-state index contributed by atoms with van der Waals surface area (Å²) in [5, 5.41) is 11.5. The molecule has 2 fully saturated rings. The SMILES string of the molecule is CCSc1c(Nc2cc(C)[nH]n2)nc(Sc2ccc(CC(=O)C3CC3)cc2)nc1N1CCN(C)CC1. The summed E-state index contributed by atoms with van der Waals surface area (Å²) in [6.45, 7) is 8.01. The zero-order chi connectivity index (χ0) is 25.1. The zero-order valence-electron chi connectivity index (χ0n) is 21.1. The first kappa shape index (κ1) is 25.1. The number of hydrogen-bond donors (Lipinski definition) is 2. The van der Waals surface area contributed by atoms with Crippen LogP contribution in [0.15, 0.2) is 45.3 Å². The Kier molecular flexibility index (Phi) is 7.83. The minimum absolute atomic E-state index is 0.296. The molecule has 1 aromatic carbocycles. The maximum Gasteiger partial charge on any atom is 0.196 e. The van der Waals surface area contributed by atoms with E-state index in [1.165, 1.54) is 0 Å². The monoisotopic (exact) mass is 523 g/mol. The summed E-state index contributed by atoms with van der Waals surface area (Å²) in [5.74, 6) is 4.09. The number of hydrogen-bond acceptors (Lipinski definition) is 9. The Morgan fingerprint density at radius 2 is 1.89 bits per heavy atom. The van der Waals surface area contributed by atoms with Crippen molar-refractivity contribution >= 4 is 46.8 Å². The van der Waals surface area contributed by atoms with E-state index in [9.17, 15) is 4.79 Å². The summed E-state index contributed by atoms with van der Waals surface area (Å²) in [4.78, 5) is 29.0. The second-order valence-electron chi connectivity index (χ2n) is 9.46. The Morgan fingerprint density at radius 1 is 1.14 bits per heavy atom. The molecule has 0 spiro atoms. The lowest BCUT2D eigenvalue weighted by atomic mass is 10.1. The van der Waals surface area contributed by atoms with E-state index in [0.29, 0.717) is 23.3 Å². The molecule has 3 aromatic rings. The van der Waals surface area contributed by atoms with E-state index < -0.39 is 0 Å². The van der Waals surface area contributed by atoms with Crippen LogP contribution in [0.25, 0.3) is 0 Å². The van der Waals surface area contributed by atoms with Crippen LogP contribution in [-0.4, -0.2) is 69.8 Å². The third-order valence-corrected chi connectivity index (χ3v) is 8.24. The van der Waals surface area contributed by atoms with Gasteiger partial charge in [0.15, 0.2) is 16.8 Å². The average molecular weight is 524 g/mol. The number of Topliss-reactive ketones (excluding diaryl/α,β-unsaturated/α-hetero) is 1. The van der Waals surface area contributed by atoms with Gasteiger partial charge in [-0.3, -0.25) is 9.89 Å². The largest absolute Gasteiger partial charge is 0.353 e. The minimum Gasteiger partial charge on any atom is -0.353 e. The molecular formula is C26H33N7OS2. The molecular weight excluding hydrogens is 490 g/mol. The smallest absolute Gasteiger partial charge is 0.196 e. The van der Waals surface area contributed by atoms with Gasteiger partial charge in [-0.05, 0) is 62.0 Å². The number of nitrogens with zero attached hydrogens (tertiary/aromatic N) is 5. The molecule has 3 heterocycles. The molecule has 190 valence electrons. The van der Waals surface area contributed by atoms with Crippen LogP contribution in [0.1, 0.15) is 31.0 Å². The Hall–Kier alpha value is -2.56. The fourth-order valence-corrected chi connectivity index (χ4v) is 5.77. The highest BCUT2D eigenvalue weighted by Gasteiger charge is 2.29. The van der Waals surface area contributed by atoms with Gasteiger partial charge in [0.2, 0.25) is 0 Å². The molecule has 0 atom stereocenters. The predicted molar refractivity (Wildman–Crippen MR) is 147 cm³/mol. The Morgan fingerprint density at radius 3 is 2.53 bits per heavy atom. The molecule has 2 N–H and O–H groups in total. The number of nitrogens with one attached hydrogen (secondary N) is 2. The molecule has 0 amide bonds. The predicted octanol–water partition coefficient (Wildman–Crippen LogP) is 4.79. The van der Waals surface area contributed by atoms with Crippen LogP contribution in [0.5, 0.6) is 0 Å². The first-order valence-corrected chi connectivity index (χ1v) is 14.4. The Labute approximate surface area is 221 Å². The number of H-pyrrole nitrogens is 1. The van der Waals surface area contributed by atoms with E-state index in [0.717, 1.165) is 83.3 Å². The average Bonchev–Trinajstić information content (AvgIpc) is 3.64. The molecule has 1 aliphatic heterocycles. The van der Waals surface area contributed by atoms with E-state index in [4.69, 9.17) is 9.97 Å². The standard InChI is InChI=1S/C26H33N7OS2/c1-4-35-23-24(27-22-15-17(2)30-31-22)28-26(29-25(23)33-13-11-32(3)12-14-33)36-20-9-5-18(6-10-20)16-21(34)19-7-8-19/h5-6,9-10,15,19H,4,7-8,11-14,16H2,1-3H3,(H2,27,28,29,30,31). The van der Waals surface area contributed by atoms with Crippen molar-refractivity contribution in [1.29, 1.82) is 0 Å². The summed E-state index contributed by atoms with van der Waals surface area (Å²) in [6.07, 6.45) is 2.64. The van der Waals surface area contributed by atoms with E-state index in [1.54, 1.807) is 23.5 Å². The van der Waals surface area contributed by atoms with Gasteiger partial charge in [-0.15, -0.1) is 11.8 Å². The molecule has 8 nitrogen and oxygen atoms in total. The molecule has 5 rings (SSSR count). The number of rotatable bonds is 10. The van der Waals surface area contributed by atoms with Crippen LogP contribution in [0, 0.1) is 12.8 Å². The normalized spacial score (nSPS) is 16.4. The summed E-state index contributed by atoms with van der Waals surface area (Å²) in [5.41, 5.74) is 2.06. The molecule has 0 radical (unpaired) electrons. The van der Waals surface area contributed by atoms with Gasteiger partial charge in [-0.1, -0.05) is 19.1 Å². The van der Waals surface area contributed by atoms with E-state index in [-0.39, 0.29) is 0 Å². The van der Waals surface area contributed by atoms with Crippen molar-refractivity contribution in [3.8, 4) is 0 Å². The first-order chi connectivity index (χ1) is 17.5. The number of aromatic nitrogens is 4. The third kappa shape index (κ3) is 6.22. The molecule has 0 unspecified atom stereocenters. The van der Waals surface area contributed by atoms with Crippen molar-refractivity contribution in [2.45, 2.75) is 48.1 Å². The van der Waals surface area contributed by atoms with Gasteiger partial charge < -0.3 is 15.1 Å². The minimum atomic E-state index is 0.296. The maximum absolute atomic E-state index is 12.2. The van der Waals surface area contributed by atoms with E-state index >= 15 is 0 Å². The summed E-state index contributed by atoms with van der Waals surface area (Å²) < 4.78 is 0. The Bertz CT molecular complexity index is 1200. The van der Waals surface area contributed by atoms with Gasteiger partial charge in [-0.25, -0.2) is 9.97 Å². The Balaban J connectivity index is 1.43. The number of thioether (sulfide) groups is 1. The second-order valence-corrected chi connectivity index (χ2v) is 11.8. The number of carbonyl (C=O) groups excluding carboxylic acids is 1. The molecule has 1 saturated carbocycles. The van der Waals surface area contributed by atoms with Crippen LogP contribution in [0.2, 0.25) is 0 Å². The number of ketones is 1. The maximum atomic E-state index is 12.2. The number of likely N-dealkylation sites (N-methyl/N-ethyl adjacent to an activating group) is 1. The van der Waals surface area contributed by atoms with Gasteiger partial charge in [0, 0.05) is 55.2 Å². The van der Waals surface area contributed by atoms with Crippen molar-refractivity contribution in [3.63, 3.8) is 0 Å². The highest BCUT2D eigenvalue weighted by Crippen LogP contribution is 2.39. The summed E-state index contributed by atoms with van der Waals surface area (Å²) >= 11 is 3.30. The lowest BCUT2D eigenvalue weighted by Crippen LogP contribution is -2.45. The number of anilines is 3. The second kappa shape index (κ2) is 11.2. The van der Waals surface area contributed by atoms with Crippen molar-refractivity contribution < 1.29 is 4.79 Å². The lowest BCUT2D eigenvalue weighted by Gasteiger charge is -2.34. The quantitative estimate of drug-likeness (QED) is 0.288. The molecule has 2 aromatic heterocycles. The lowest BCUT2D eigenvalue weighted by molar-refractivity contribution is -0.119. The van der Waals surface area contributed by atoms with Gasteiger partial charge in [0.05, 0.1) is 4.90 Å². The zero-order valence-corrected chi connectivity index (χ0v) is 22.7. The van der Waals surface area contributed by atoms with Crippen LogP contribution < -0.4 is 10.2 Å². The van der Waals surface area contributed by atoms with Crippen molar-refractivity contribution in [2.24, 2.45) is 5.92 Å². The van der Waals surface area contributed by atoms with Crippen LogP contribution >= 0.6 is 23.5 Å². The topological polar surface area (TPSA) is 90.0 Å². The third-order valence-electron chi connectivity index (χ3n) is 6.41. The van der Waals surface area contributed by atoms with Gasteiger partial charge in [0.1, 0.15) is 11.6 Å². The fraction of sp³-hybridized carbons (Fsp3) is 0.462.